The normalized spacial score (nSPS) is 20.6. The third kappa shape index (κ3) is 4.43. The maximum Gasteiger partial charge on any atom is 0.271 e. The van der Waals surface area contributed by atoms with E-state index in [0.717, 1.165) is 12.8 Å². The lowest BCUT2D eigenvalue weighted by Gasteiger charge is -2.42. The molecule has 0 atom stereocenters. The van der Waals surface area contributed by atoms with Gasteiger partial charge in [0.25, 0.3) is 5.91 Å². The van der Waals surface area contributed by atoms with Crippen molar-refractivity contribution in [2.24, 2.45) is 5.16 Å². The lowest BCUT2D eigenvalue weighted by Crippen LogP contribution is -2.51. The predicted octanol–water partition coefficient (Wildman–Crippen LogP) is 2.46. The van der Waals surface area contributed by atoms with Gasteiger partial charge in [0.1, 0.15) is 17.2 Å². The van der Waals surface area contributed by atoms with Gasteiger partial charge in [-0.15, -0.1) is 11.6 Å². The lowest BCUT2D eigenvalue weighted by molar-refractivity contribution is -0.126. The smallest absolute Gasteiger partial charge is 0.271 e. The minimum Gasteiger partial charge on any atom is -0.389 e. The molecule has 0 unspecified atom stereocenters. The molecule has 2 aliphatic heterocycles. The number of piperidine rings is 1. The summed E-state index contributed by atoms with van der Waals surface area (Å²) in [5.74, 6) is -0.275. The first-order valence-electron chi connectivity index (χ1n) is 9.28. The van der Waals surface area contributed by atoms with Crippen molar-refractivity contribution in [2.75, 3.05) is 25.5 Å². The number of amides is 2. The van der Waals surface area contributed by atoms with Gasteiger partial charge in [-0.1, -0.05) is 35.5 Å². The van der Waals surface area contributed by atoms with E-state index in [4.69, 9.17) is 16.4 Å². The molecule has 1 N–H and O–H groups in total. The minimum atomic E-state index is -0.416. The van der Waals surface area contributed by atoms with Gasteiger partial charge < -0.3 is 15.1 Å². The Bertz CT molecular complexity index is 725. The SMILES string of the molecule is CC1(C)CC(C(=O)N2CCC(CNC(=O)CCl)(c3ccccc3)CC2)=NO1. The highest BCUT2D eigenvalue weighted by atomic mass is 35.5. The maximum absolute atomic E-state index is 12.8. The Morgan fingerprint density at radius 1 is 1.22 bits per heavy atom. The van der Waals surface area contributed by atoms with E-state index in [0.29, 0.717) is 31.8 Å². The van der Waals surface area contributed by atoms with Crippen LogP contribution in [0.25, 0.3) is 0 Å². The molecule has 1 aromatic rings. The molecule has 1 fully saturated rings. The van der Waals surface area contributed by atoms with Crippen molar-refractivity contribution < 1.29 is 14.4 Å². The van der Waals surface area contributed by atoms with Gasteiger partial charge in [-0.05, 0) is 32.3 Å². The fourth-order valence-electron chi connectivity index (χ4n) is 3.76. The molecule has 2 aliphatic rings. The van der Waals surface area contributed by atoms with Crippen molar-refractivity contribution in [3.05, 3.63) is 35.9 Å². The van der Waals surface area contributed by atoms with E-state index in [1.807, 2.05) is 36.9 Å². The monoisotopic (exact) mass is 391 g/mol. The number of likely N-dealkylation sites (tertiary alicyclic amines) is 1. The van der Waals surface area contributed by atoms with Gasteiger partial charge in [-0.3, -0.25) is 9.59 Å². The van der Waals surface area contributed by atoms with E-state index in [2.05, 4.69) is 22.6 Å². The van der Waals surface area contributed by atoms with E-state index >= 15 is 0 Å². The van der Waals surface area contributed by atoms with Gasteiger partial charge in [0.05, 0.1) is 0 Å². The molecular formula is C20H26ClN3O3. The number of oxime groups is 1. The van der Waals surface area contributed by atoms with Gasteiger partial charge in [0.15, 0.2) is 0 Å². The molecule has 0 saturated carbocycles. The summed E-state index contributed by atoms with van der Waals surface area (Å²) in [6, 6.07) is 10.2. The van der Waals surface area contributed by atoms with E-state index in [1.165, 1.54) is 5.56 Å². The van der Waals surface area contributed by atoms with Gasteiger partial charge in [-0.25, -0.2) is 0 Å². The number of nitrogens with zero attached hydrogens (tertiary/aromatic N) is 2. The number of hydrogen-bond donors (Lipinski definition) is 1. The Hall–Kier alpha value is -2.08. The lowest BCUT2D eigenvalue weighted by atomic mass is 9.72. The van der Waals surface area contributed by atoms with Crippen molar-refractivity contribution in [3.8, 4) is 0 Å². The minimum absolute atomic E-state index is 0.0490. The average molecular weight is 392 g/mol. The topological polar surface area (TPSA) is 71.0 Å². The Morgan fingerprint density at radius 3 is 2.44 bits per heavy atom. The van der Waals surface area contributed by atoms with Gasteiger partial charge >= 0.3 is 0 Å². The van der Waals surface area contributed by atoms with Crippen LogP contribution in [0.5, 0.6) is 0 Å². The molecule has 2 amide bonds. The summed E-state index contributed by atoms with van der Waals surface area (Å²) >= 11 is 5.63. The van der Waals surface area contributed by atoms with Crippen LogP contribution in [0.1, 0.15) is 38.7 Å². The number of nitrogens with one attached hydrogen (secondary N) is 1. The van der Waals surface area contributed by atoms with Crippen LogP contribution in [-0.4, -0.2) is 53.5 Å². The summed E-state index contributed by atoms with van der Waals surface area (Å²) in [6.07, 6.45) is 2.06. The predicted molar refractivity (Wildman–Crippen MR) is 105 cm³/mol. The molecule has 0 spiro atoms. The van der Waals surface area contributed by atoms with E-state index in [9.17, 15) is 9.59 Å². The molecule has 0 aliphatic carbocycles. The first-order valence-corrected chi connectivity index (χ1v) is 9.81. The Morgan fingerprint density at radius 2 is 1.89 bits per heavy atom. The standard InChI is InChI=1S/C20H26ClN3O3/c1-19(2)12-16(23-27-19)18(26)24-10-8-20(9-11-24,14-22-17(25)13-21)15-6-4-3-5-7-15/h3-7H,8-14H2,1-2H3,(H,22,25). The van der Waals surface area contributed by atoms with Crippen molar-refractivity contribution in [1.29, 1.82) is 0 Å². The second-order valence-corrected chi connectivity index (χ2v) is 8.18. The summed E-state index contributed by atoms with van der Waals surface area (Å²) in [6.45, 7) is 5.59. The van der Waals surface area contributed by atoms with Crippen molar-refractivity contribution in [3.63, 3.8) is 0 Å². The van der Waals surface area contributed by atoms with Crippen LogP contribution in [0.2, 0.25) is 0 Å². The molecule has 6 nitrogen and oxygen atoms in total. The van der Waals surface area contributed by atoms with Crippen LogP contribution in [-0.2, 0) is 19.8 Å². The fourth-order valence-corrected chi connectivity index (χ4v) is 3.85. The zero-order valence-corrected chi connectivity index (χ0v) is 16.6. The van der Waals surface area contributed by atoms with Crippen molar-refractivity contribution >= 4 is 29.1 Å². The van der Waals surface area contributed by atoms with Crippen LogP contribution in [0.15, 0.2) is 35.5 Å². The van der Waals surface area contributed by atoms with E-state index < -0.39 is 5.60 Å². The number of benzene rings is 1. The number of carbonyl (C=O) groups is 2. The van der Waals surface area contributed by atoms with E-state index in [-0.39, 0.29) is 23.1 Å². The van der Waals surface area contributed by atoms with Gasteiger partial charge in [0.2, 0.25) is 5.91 Å². The molecule has 27 heavy (non-hydrogen) atoms. The number of rotatable bonds is 5. The molecule has 1 saturated heterocycles. The van der Waals surface area contributed by atoms with Gasteiger partial charge in [-0.2, -0.15) is 0 Å². The van der Waals surface area contributed by atoms with Crippen molar-refractivity contribution in [1.82, 2.24) is 10.2 Å². The highest BCUT2D eigenvalue weighted by Gasteiger charge is 2.40. The number of hydrogen-bond acceptors (Lipinski definition) is 4. The van der Waals surface area contributed by atoms with Crippen LogP contribution in [0, 0.1) is 0 Å². The second-order valence-electron chi connectivity index (χ2n) is 7.91. The molecule has 1 aromatic carbocycles. The summed E-state index contributed by atoms with van der Waals surface area (Å²) in [5, 5.41) is 6.92. The van der Waals surface area contributed by atoms with Crippen LogP contribution < -0.4 is 5.32 Å². The Labute approximate surface area is 164 Å². The molecule has 7 heteroatoms. The summed E-state index contributed by atoms with van der Waals surface area (Å²) in [5.41, 5.74) is 1.05. The summed E-state index contributed by atoms with van der Waals surface area (Å²) < 4.78 is 0. The second kappa shape index (κ2) is 7.89. The first-order chi connectivity index (χ1) is 12.9. The third-order valence-corrected chi connectivity index (χ3v) is 5.62. The first kappa shape index (κ1) is 19.7. The number of halogens is 1. The maximum atomic E-state index is 12.8. The average Bonchev–Trinajstić information content (AvgIpc) is 3.06. The quantitative estimate of drug-likeness (QED) is 0.784. The van der Waals surface area contributed by atoms with Crippen LogP contribution in [0.4, 0.5) is 0 Å². The Kier molecular flexibility index (Phi) is 5.75. The number of carbonyl (C=O) groups excluding carboxylic acids is 2. The molecule has 146 valence electrons. The zero-order valence-electron chi connectivity index (χ0n) is 15.8. The Balaban J connectivity index is 1.70. The summed E-state index contributed by atoms with van der Waals surface area (Å²) in [4.78, 5) is 31.6. The molecule has 0 radical (unpaired) electrons. The van der Waals surface area contributed by atoms with Gasteiger partial charge in [0, 0.05) is 31.5 Å². The third-order valence-electron chi connectivity index (χ3n) is 5.38. The van der Waals surface area contributed by atoms with Crippen LogP contribution >= 0.6 is 11.6 Å². The molecule has 0 aromatic heterocycles. The molecule has 2 heterocycles. The zero-order chi connectivity index (χ0) is 19.5. The summed E-state index contributed by atoms with van der Waals surface area (Å²) in [7, 11) is 0. The molecular weight excluding hydrogens is 366 g/mol. The highest BCUT2D eigenvalue weighted by Crippen LogP contribution is 2.35. The van der Waals surface area contributed by atoms with Crippen LogP contribution in [0.3, 0.4) is 0 Å². The van der Waals surface area contributed by atoms with E-state index in [1.54, 1.807) is 0 Å². The number of alkyl halides is 1. The highest BCUT2D eigenvalue weighted by molar-refractivity contribution is 6.39. The van der Waals surface area contributed by atoms with Crippen molar-refractivity contribution in [2.45, 2.75) is 44.1 Å². The molecule has 3 rings (SSSR count). The largest absolute Gasteiger partial charge is 0.389 e. The molecule has 0 bridgehead atoms. The fraction of sp³-hybridized carbons (Fsp3) is 0.550.